The number of halogens is 2. The van der Waals surface area contributed by atoms with Crippen LogP contribution < -0.4 is 16.0 Å². The Hall–Kier alpha value is -4.41. The van der Waals surface area contributed by atoms with Crippen molar-refractivity contribution in [2.24, 2.45) is 0 Å². The van der Waals surface area contributed by atoms with E-state index in [4.69, 9.17) is 23.2 Å². The molecular weight excluding hydrogens is 659 g/mol. The number of nitrogens with one attached hydrogen (secondary N) is 3. The van der Waals surface area contributed by atoms with Crippen LogP contribution in [0, 0.1) is 6.92 Å². The molecule has 232 valence electrons. The molecule has 0 saturated heterocycles. The van der Waals surface area contributed by atoms with E-state index in [9.17, 15) is 14.4 Å². The number of carbonyl (C=O) groups excluding carboxylic acids is 3. The number of nitrogens with zero attached hydrogens (tertiary/aromatic N) is 1. The maximum Gasteiger partial charge on any atom is 0.272 e. The van der Waals surface area contributed by atoms with Gasteiger partial charge in [0.1, 0.15) is 5.70 Å². The number of rotatable bonds is 10. The number of aryl methyl sites for hydroxylation is 1. The van der Waals surface area contributed by atoms with Crippen LogP contribution in [-0.2, 0) is 9.59 Å². The molecule has 1 atom stereocenters. The van der Waals surface area contributed by atoms with E-state index in [1.54, 1.807) is 61.5 Å². The highest BCUT2D eigenvalue weighted by molar-refractivity contribution is 8.00. The number of hydrogen-bond acceptors (Lipinski definition) is 6. The minimum atomic E-state index is -0.471. The van der Waals surface area contributed by atoms with Crippen LogP contribution >= 0.6 is 46.3 Å². The molecule has 46 heavy (non-hydrogen) atoms. The van der Waals surface area contributed by atoms with Crippen LogP contribution in [0.25, 0.3) is 17.3 Å². The number of thioether (sulfide) groups is 1. The number of amides is 3. The number of benzene rings is 4. The van der Waals surface area contributed by atoms with Gasteiger partial charge < -0.3 is 16.0 Å². The Balaban J connectivity index is 1.21. The average Bonchev–Trinajstić information content (AvgIpc) is 3.52. The monoisotopic (exact) mass is 686 g/mol. The molecule has 0 spiro atoms. The van der Waals surface area contributed by atoms with Gasteiger partial charge in [-0.15, -0.1) is 23.1 Å². The van der Waals surface area contributed by atoms with E-state index in [0.717, 1.165) is 21.6 Å². The predicted molar refractivity (Wildman–Crippen MR) is 190 cm³/mol. The minimum absolute atomic E-state index is 0.103. The summed E-state index contributed by atoms with van der Waals surface area (Å²) >= 11 is 14.8. The molecule has 1 heterocycles. The Morgan fingerprint density at radius 1 is 0.870 bits per heavy atom. The highest BCUT2D eigenvalue weighted by Gasteiger charge is 2.18. The molecule has 0 bridgehead atoms. The van der Waals surface area contributed by atoms with E-state index in [-0.39, 0.29) is 11.6 Å². The first kappa shape index (κ1) is 33.0. The molecule has 11 heteroatoms. The van der Waals surface area contributed by atoms with Crippen molar-refractivity contribution >= 4 is 80.9 Å². The fraction of sp³-hybridized carbons (Fsp3) is 0.0857. The van der Waals surface area contributed by atoms with Gasteiger partial charge in [-0.1, -0.05) is 77.3 Å². The molecule has 0 aliphatic heterocycles. The SMILES string of the molecule is Cc1ccc(/C=C(\NC(=O)c2ccccc2)C(=O)Nc2ccc(SC(C)C(=O)Nc3nc(-c4ccc(Cl)c(Cl)c4)cs3)cc2)cc1. The number of carbonyl (C=O) groups is 3. The van der Waals surface area contributed by atoms with E-state index < -0.39 is 17.1 Å². The van der Waals surface area contributed by atoms with Crippen molar-refractivity contribution in [1.29, 1.82) is 0 Å². The van der Waals surface area contributed by atoms with Gasteiger partial charge in [0, 0.05) is 27.1 Å². The standard InChI is InChI=1S/C35H28Cl2N4O3S2/c1-21-8-10-23(11-9-21)18-30(39-33(43)24-6-4-3-5-7-24)34(44)38-26-13-15-27(16-14-26)46-22(2)32(42)41-35-40-31(20-45-35)25-12-17-28(36)29(37)19-25/h3-20,22H,1-2H3,(H,38,44)(H,39,43)(H,40,41,42)/b30-18-. The van der Waals surface area contributed by atoms with Crippen LogP contribution in [0.3, 0.4) is 0 Å². The third kappa shape index (κ3) is 8.86. The van der Waals surface area contributed by atoms with E-state index >= 15 is 0 Å². The Bertz CT molecular complexity index is 1890. The van der Waals surface area contributed by atoms with Crippen molar-refractivity contribution in [3.8, 4) is 11.3 Å². The lowest BCUT2D eigenvalue weighted by Crippen LogP contribution is -2.30. The molecule has 0 radical (unpaired) electrons. The third-order valence-corrected chi connectivity index (χ3v) is 9.27. The van der Waals surface area contributed by atoms with E-state index in [1.165, 1.54) is 23.1 Å². The van der Waals surface area contributed by atoms with Gasteiger partial charge in [-0.2, -0.15) is 0 Å². The second kappa shape index (κ2) is 15.2. The molecule has 0 saturated carbocycles. The average molecular weight is 688 g/mol. The van der Waals surface area contributed by atoms with Gasteiger partial charge in [0.15, 0.2) is 5.13 Å². The molecule has 0 aliphatic rings. The van der Waals surface area contributed by atoms with Crippen molar-refractivity contribution < 1.29 is 14.4 Å². The summed E-state index contributed by atoms with van der Waals surface area (Å²) in [6.07, 6.45) is 1.64. The summed E-state index contributed by atoms with van der Waals surface area (Å²) in [6.45, 7) is 3.78. The molecule has 7 nitrogen and oxygen atoms in total. The quantitative estimate of drug-likeness (QED) is 0.101. The van der Waals surface area contributed by atoms with Crippen LogP contribution in [0.5, 0.6) is 0 Å². The van der Waals surface area contributed by atoms with Gasteiger partial charge in [0.25, 0.3) is 11.8 Å². The van der Waals surface area contributed by atoms with Gasteiger partial charge in [0.2, 0.25) is 5.91 Å². The molecule has 5 aromatic rings. The Morgan fingerprint density at radius 3 is 2.28 bits per heavy atom. The summed E-state index contributed by atoms with van der Waals surface area (Å²) in [5.74, 6) is -1.06. The Labute approximate surface area is 285 Å². The minimum Gasteiger partial charge on any atom is -0.321 e. The number of thiazole rings is 1. The summed E-state index contributed by atoms with van der Waals surface area (Å²) in [4.78, 5) is 44.5. The Morgan fingerprint density at radius 2 is 1.59 bits per heavy atom. The van der Waals surface area contributed by atoms with Gasteiger partial charge in [0.05, 0.1) is 21.0 Å². The lowest BCUT2D eigenvalue weighted by atomic mass is 10.1. The molecular formula is C35H28Cl2N4O3S2. The zero-order chi connectivity index (χ0) is 32.6. The third-order valence-electron chi connectivity index (χ3n) is 6.66. The number of hydrogen-bond donors (Lipinski definition) is 3. The number of aromatic nitrogens is 1. The first-order valence-electron chi connectivity index (χ1n) is 14.1. The summed E-state index contributed by atoms with van der Waals surface area (Å²) in [5, 5.41) is 11.3. The zero-order valence-electron chi connectivity index (χ0n) is 24.7. The first-order chi connectivity index (χ1) is 22.1. The second-order valence-corrected chi connectivity index (χ2v) is 13.3. The van der Waals surface area contributed by atoms with Crippen molar-refractivity contribution in [1.82, 2.24) is 10.3 Å². The molecule has 5 rings (SSSR count). The zero-order valence-corrected chi connectivity index (χ0v) is 27.9. The van der Waals surface area contributed by atoms with Crippen LogP contribution in [0.2, 0.25) is 10.0 Å². The summed E-state index contributed by atoms with van der Waals surface area (Å²) in [6, 6.07) is 28.7. The largest absolute Gasteiger partial charge is 0.321 e. The predicted octanol–water partition coefficient (Wildman–Crippen LogP) is 8.95. The van der Waals surface area contributed by atoms with Gasteiger partial charge in [-0.3, -0.25) is 14.4 Å². The summed E-state index contributed by atoms with van der Waals surface area (Å²) < 4.78 is 0. The van der Waals surface area contributed by atoms with Crippen molar-refractivity contribution in [2.45, 2.75) is 24.0 Å². The van der Waals surface area contributed by atoms with Crippen LogP contribution in [0.1, 0.15) is 28.4 Å². The van der Waals surface area contributed by atoms with Gasteiger partial charge in [-0.25, -0.2) is 4.98 Å². The summed E-state index contributed by atoms with van der Waals surface area (Å²) in [5.41, 5.74) is 4.42. The highest BCUT2D eigenvalue weighted by Crippen LogP contribution is 2.31. The number of anilines is 2. The van der Waals surface area contributed by atoms with Gasteiger partial charge >= 0.3 is 0 Å². The smallest absolute Gasteiger partial charge is 0.272 e. The molecule has 4 aromatic carbocycles. The lowest BCUT2D eigenvalue weighted by Gasteiger charge is -2.13. The summed E-state index contributed by atoms with van der Waals surface area (Å²) in [7, 11) is 0. The maximum atomic E-state index is 13.3. The normalized spacial score (nSPS) is 11.9. The maximum absolute atomic E-state index is 13.3. The topological polar surface area (TPSA) is 100 Å². The van der Waals surface area contributed by atoms with E-state index in [0.29, 0.717) is 32.1 Å². The Kier molecular flexibility index (Phi) is 10.9. The van der Waals surface area contributed by atoms with E-state index in [2.05, 4.69) is 20.9 Å². The molecule has 0 aliphatic carbocycles. The van der Waals surface area contributed by atoms with Crippen molar-refractivity contribution in [2.75, 3.05) is 10.6 Å². The molecule has 3 N–H and O–H groups in total. The fourth-order valence-corrected chi connectivity index (χ4v) is 6.06. The van der Waals surface area contributed by atoms with Crippen LogP contribution in [0.15, 0.2) is 113 Å². The lowest BCUT2D eigenvalue weighted by molar-refractivity contribution is -0.115. The highest BCUT2D eigenvalue weighted by atomic mass is 35.5. The molecule has 3 amide bonds. The van der Waals surface area contributed by atoms with Crippen molar-refractivity contribution in [3.05, 3.63) is 135 Å². The van der Waals surface area contributed by atoms with Crippen molar-refractivity contribution in [3.63, 3.8) is 0 Å². The van der Waals surface area contributed by atoms with Gasteiger partial charge in [-0.05, 0) is 74.0 Å². The van der Waals surface area contributed by atoms with Crippen LogP contribution in [-0.4, -0.2) is 28.0 Å². The molecule has 1 aromatic heterocycles. The second-order valence-electron chi connectivity index (χ2n) is 10.2. The molecule has 0 fully saturated rings. The molecule has 1 unspecified atom stereocenters. The fourth-order valence-electron chi connectivity index (χ4n) is 4.17. The van der Waals surface area contributed by atoms with Crippen LogP contribution in [0.4, 0.5) is 10.8 Å². The van der Waals surface area contributed by atoms with E-state index in [1.807, 2.05) is 60.8 Å². The first-order valence-corrected chi connectivity index (χ1v) is 16.6.